The Morgan fingerprint density at radius 3 is 1.06 bits per heavy atom. The van der Waals surface area contributed by atoms with Crippen molar-refractivity contribution in [3.63, 3.8) is 0 Å². The van der Waals surface area contributed by atoms with E-state index in [1.165, 1.54) is 48.5 Å². The molecular formula is C26H18N2O8. The van der Waals surface area contributed by atoms with Gasteiger partial charge in [0.25, 0.3) is 0 Å². The lowest BCUT2D eigenvalue weighted by molar-refractivity contribution is -0.137. The second-order valence-corrected chi connectivity index (χ2v) is 9.37. The standard InChI is InChI=1S/C26H18N2O8/c29-21-17-15-9-10-16(18(17)22(30)27(21)13-5-1-11(2-6-13)25(33)34)20-19(15)23(31)28(24(20)32)14-7-3-12(4-8-14)26(35)36/h1-10,15-20H,(H,33,34)(H,35,36)/t15?,16?,17-,18-,19-,20+/m1/s1. The van der Waals surface area contributed by atoms with Gasteiger partial charge in [0.15, 0.2) is 0 Å². The van der Waals surface area contributed by atoms with Crippen LogP contribution in [-0.4, -0.2) is 45.8 Å². The normalized spacial score (nSPS) is 30.1. The van der Waals surface area contributed by atoms with Crippen LogP contribution in [0.25, 0.3) is 0 Å². The number of benzene rings is 2. The maximum Gasteiger partial charge on any atom is 0.335 e. The fraction of sp³-hybridized carbons (Fsp3) is 0.231. The van der Waals surface area contributed by atoms with Crippen molar-refractivity contribution in [3.05, 3.63) is 71.8 Å². The van der Waals surface area contributed by atoms with Gasteiger partial charge in [0.1, 0.15) is 0 Å². The predicted octanol–water partition coefficient (Wildman–Crippen LogP) is 1.81. The molecule has 7 rings (SSSR count). The van der Waals surface area contributed by atoms with E-state index in [1.807, 2.05) is 0 Å². The molecule has 2 heterocycles. The summed E-state index contributed by atoms with van der Waals surface area (Å²) in [4.78, 5) is 78.3. The number of imide groups is 2. The van der Waals surface area contributed by atoms with Crippen molar-refractivity contribution in [2.75, 3.05) is 9.80 Å². The second kappa shape index (κ2) is 7.45. The largest absolute Gasteiger partial charge is 0.478 e. The molecule has 36 heavy (non-hydrogen) atoms. The fourth-order valence-corrected chi connectivity index (χ4v) is 6.24. The predicted molar refractivity (Wildman–Crippen MR) is 122 cm³/mol. The third-order valence-corrected chi connectivity index (χ3v) is 7.76. The van der Waals surface area contributed by atoms with Crippen LogP contribution in [0.3, 0.4) is 0 Å². The smallest absolute Gasteiger partial charge is 0.335 e. The van der Waals surface area contributed by atoms with Gasteiger partial charge in [-0.3, -0.25) is 29.0 Å². The summed E-state index contributed by atoms with van der Waals surface area (Å²) < 4.78 is 0. The van der Waals surface area contributed by atoms with Crippen molar-refractivity contribution < 1.29 is 39.0 Å². The van der Waals surface area contributed by atoms with Crippen LogP contribution in [0.1, 0.15) is 20.7 Å². The number of carboxylic acid groups (broad SMARTS) is 2. The summed E-state index contributed by atoms with van der Waals surface area (Å²) in [5.41, 5.74) is 0.511. The first-order valence-corrected chi connectivity index (χ1v) is 11.3. The minimum absolute atomic E-state index is 0.0131. The highest BCUT2D eigenvalue weighted by Gasteiger charge is 2.68. The van der Waals surface area contributed by atoms with E-state index in [0.29, 0.717) is 0 Å². The van der Waals surface area contributed by atoms with E-state index in [-0.39, 0.29) is 22.5 Å². The third kappa shape index (κ3) is 2.78. The van der Waals surface area contributed by atoms with E-state index in [1.54, 1.807) is 12.2 Å². The van der Waals surface area contributed by atoms with Crippen LogP contribution in [0.2, 0.25) is 0 Å². The van der Waals surface area contributed by atoms with Gasteiger partial charge in [0.2, 0.25) is 23.6 Å². The number of hydrogen-bond donors (Lipinski definition) is 2. The number of carbonyl (C=O) groups is 6. The fourth-order valence-electron chi connectivity index (χ4n) is 6.24. The van der Waals surface area contributed by atoms with Gasteiger partial charge in [-0.2, -0.15) is 0 Å². The van der Waals surface area contributed by atoms with Crippen molar-refractivity contribution >= 4 is 46.9 Å². The Kier molecular flexibility index (Phi) is 4.53. The molecule has 1 saturated carbocycles. The number of hydrogen-bond acceptors (Lipinski definition) is 6. The molecule has 10 nitrogen and oxygen atoms in total. The van der Waals surface area contributed by atoms with E-state index in [4.69, 9.17) is 10.2 Å². The van der Waals surface area contributed by atoms with E-state index in [2.05, 4.69) is 0 Å². The first-order valence-electron chi connectivity index (χ1n) is 11.3. The Balaban J connectivity index is 1.34. The number of nitrogens with zero attached hydrogens (tertiary/aromatic N) is 2. The second-order valence-electron chi connectivity index (χ2n) is 9.37. The summed E-state index contributed by atoms with van der Waals surface area (Å²) in [5, 5.41) is 18.2. The highest BCUT2D eigenvalue weighted by Crippen LogP contribution is 2.58. The molecule has 2 aliphatic heterocycles. The van der Waals surface area contributed by atoms with Gasteiger partial charge in [0, 0.05) is 11.8 Å². The van der Waals surface area contributed by atoms with Crippen LogP contribution < -0.4 is 9.80 Å². The molecule has 2 bridgehead atoms. The summed E-state index contributed by atoms with van der Waals surface area (Å²) in [7, 11) is 0. The molecule has 2 N–H and O–H groups in total. The average Bonchev–Trinajstić information content (AvgIpc) is 3.31. The number of aromatic carboxylic acids is 2. The van der Waals surface area contributed by atoms with Gasteiger partial charge >= 0.3 is 11.9 Å². The van der Waals surface area contributed by atoms with E-state index in [9.17, 15) is 28.8 Å². The Labute approximate surface area is 203 Å². The zero-order chi connectivity index (χ0) is 25.5. The molecule has 2 aromatic carbocycles. The maximum absolute atomic E-state index is 13.5. The quantitative estimate of drug-likeness (QED) is 0.491. The van der Waals surface area contributed by atoms with Gasteiger partial charge in [0.05, 0.1) is 46.2 Å². The Hall–Kier alpha value is -4.60. The minimum atomic E-state index is -1.14. The van der Waals surface area contributed by atoms with Crippen molar-refractivity contribution in [1.82, 2.24) is 0 Å². The van der Waals surface area contributed by atoms with E-state index < -0.39 is 71.1 Å². The molecule has 4 amide bonds. The molecule has 6 atom stereocenters. The summed E-state index contributed by atoms with van der Waals surface area (Å²) in [6.45, 7) is 0. The van der Waals surface area contributed by atoms with Crippen LogP contribution in [-0.2, 0) is 19.2 Å². The summed E-state index contributed by atoms with van der Waals surface area (Å²) in [6, 6.07) is 10.8. The van der Waals surface area contributed by atoms with Crippen LogP contribution in [0.4, 0.5) is 11.4 Å². The molecule has 3 fully saturated rings. The summed E-state index contributed by atoms with van der Waals surface area (Å²) in [5.74, 6) is -8.70. The highest BCUT2D eigenvalue weighted by molar-refractivity contribution is 6.26. The van der Waals surface area contributed by atoms with E-state index >= 15 is 0 Å². The SMILES string of the molecule is O=C(O)c1ccc(N2C(=O)[C@@H]3C4C=CC([C@H]3C2=O)[C@@H]2C(=O)N(c3ccc(C(=O)O)cc3)C(=O)[C@H]42)cc1. The molecule has 0 aromatic heterocycles. The van der Waals surface area contributed by atoms with Gasteiger partial charge in [-0.25, -0.2) is 9.59 Å². The lowest BCUT2D eigenvalue weighted by Gasteiger charge is -2.44. The molecule has 2 aromatic rings. The van der Waals surface area contributed by atoms with Crippen LogP contribution in [0.5, 0.6) is 0 Å². The van der Waals surface area contributed by atoms with Crippen molar-refractivity contribution in [1.29, 1.82) is 0 Å². The zero-order valence-electron chi connectivity index (χ0n) is 18.5. The van der Waals surface area contributed by atoms with Crippen molar-refractivity contribution in [3.8, 4) is 0 Å². The number of anilines is 2. The van der Waals surface area contributed by atoms with Crippen molar-refractivity contribution in [2.45, 2.75) is 0 Å². The molecule has 5 aliphatic rings. The third-order valence-electron chi connectivity index (χ3n) is 7.76. The molecule has 3 aliphatic carbocycles. The minimum Gasteiger partial charge on any atom is -0.478 e. The molecule has 180 valence electrons. The van der Waals surface area contributed by atoms with Crippen molar-refractivity contribution in [2.24, 2.45) is 35.5 Å². The summed E-state index contributed by atoms with van der Waals surface area (Å²) in [6.07, 6.45) is 3.49. The Bertz CT molecular complexity index is 1260. The topological polar surface area (TPSA) is 149 Å². The lowest BCUT2D eigenvalue weighted by Crippen LogP contribution is -2.50. The number of rotatable bonds is 4. The van der Waals surface area contributed by atoms with Gasteiger partial charge < -0.3 is 10.2 Å². The van der Waals surface area contributed by atoms with Crippen LogP contribution >= 0.6 is 0 Å². The lowest BCUT2D eigenvalue weighted by atomic mass is 9.54. The Morgan fingerprint density at radius 1 is 0.528 bits per heavy atom. The van der Waals surface area contributed by atoms with E-state index in [0.717, 1.165) is 9.80 Å². The first-order chi connectivity index (χ1) is 17.2. The first kappa shape index (κ1) is 21.9. The van der Waals surface area contributed by atoms with Gasteiger partial charge in [-0.15, -0.1) is 0 Å². The number of allylic oxidation sites excluding steroid dienone is 2. The number of carboxylic acids is 2. The molecule has 0 radical (unpaired) electrons. The molecule has 2 saturated heterocycles. The number of carbonyl (C=O) groups excluding carboxylic acids is 4. The zero-order valence-corrected chi connectivity index (χ0v) is 18.5. The summed E-state index contributed by atoms with van der Waals surface area (Å²) >= 11 is 0. The van der Waals surface area contributed by atoms with Crippen LogP contribution in [0.15, 0.2) is 60.7 Å². The highest BCUT2D eigenvalue weighted by atomic mass is 16.4. The molecule has 10 heteroatoms. The maximum atomic E-state index is 13.5. The monoisotopic (exact) mass is 486 g/mol. The van der Waals surface area contributed by atoms with Gasteiger partial charge in [-0.05, 0) is 48.5 Å². The molecular weight excluding hydrogens is 468 g/mol. The molecule has 0 spiro atoms. The van der Waals surface area contributed by atoms with Crippen LogP contribution in [0, 0.1) is 35.5 Å². The Morgan fingerprint density at radius 2 is 0.806 bits per heavy atom. The van der Waals surface area contributed by atoms with Gasteiger partial charge in [-0.1, -0.05) is 12.2 Å². The average molecular weight is 486 g/mol. The molecule has 2 unspecified atom stereocenters. The number of amides is 4.